The molecule has 3 nitrogen and oxygen atoms in total. The topological polar surface area (TPSA) is 44.5 Å². The van der Waals surface area contributed by atoms with E-state index in [2.05, 4.69) is 51.1 Å². The first kappa shape index (κ1) is 20.4. The van der Waals surface area contributed by atoms with Gasteiger partial charge in [-0.1, -0.05) is 67.9 Å². The molecule has 0 aliphatic heterocycles. The van der Waals surface area contributed by atoms with Gasteiger partial charge in [-0.15, -0.1) is 0 Å². The van der Waals surface area contributed by atoms with Crippen LogP contribution in [-0.2, 0) is 4.74 Å². The highest BCUT2D eigenvalue weighted by Gasteiger charge is 2.26. The fraction of sp³-hybridized carbons (Fsp3) is 0.360. The van der Waals surface area contributed by atoms with Crippen molar-refractivity contribution in [1.29, 1.82) is 0 Å². The summed E-state index contributed by atoms with van der Waals surface area (Å²) in [5.74, 6) is 1.13. The molecule has 2 atom stereocenters. The van der Waals surface area contributed by atoms with Crippen LogP contribution < -0.4 is 10.5 Å². The second kappa shape index (κ2) is 8.76. The van der Waals surface area contributed by atoms with Gasteiger partial charge in [0, 0.05) is 24.1 Å². The fourth-order valence-electron chi connectivity index (χ4n) is 3.78. The van der Waals surface area contributed by atoms with Crippen LogP contribution in [0.4, 0.5) is 0 Å². The Balaban J connectivity index is 1.86. The molecule has 0 aliphatic carbocycles. The highest BCUT2D eigenvalue weighted by molar-refractivity contribution is 5.84. The number of nitrogens with two attached hydrogens (primary N) is 1. The number of benzene rings is 3. The van der Waals surface area contributed by atoms with Gasteiger partial charge in [0.1, 0.15) is 5.75 Å². The normalized spacial score (nSPS) is 14.0. The Hall–Kier alpha value is -2.36. The van der Waals surface area contributed by atoms with E-state index < -0.39 is 6.29 Å². The van der Waals surface area contributed by atoms with Gasteiger partial charge in [-0.3, -0.25) is 0 Å². The second-order valence-corrected chi connectivity index (χ2v) is 8.03. The summed E-state index contributed by atoms with van der Waals surface area (Å²) < 4.78 is 11.6. The number of hydrogen-bond acceptors (Lipinski definition) is 3. The van der Waals surface area contributed by atoms with Crippen molar-refractivity contribution in [3.05, 3.63) is 77.9 Å². The van der Waals surface area contributed by atoms with Crippen LogP contribution in [0.1, 0.15) is 56.9 Å². The van der Waals surface area contributed by atoms with Gasteiger partial charge in [-0.2, -0.15) is 0 Å². The van der Waals surface area contributed by atoms with Gasteiger partial charge in [0.25, 0.3) is 0 Å². The number of ether oxygens (including phenoxy) is 2. The van der Waals surface area contributed by atoms with Crippen LogP contribution in [0.25, 0.3) is 10.8 Å². The lowest BCUT2D eigenvalue weighted by Gasteiger charge is -2.31. The minimum Gasteiger partial charge on any atom is -0.461 e. The molecule has 0 fully saturated rings. The molecule has 0 bridgehead atoms. The summed E-state index contributed by atoms with van der Waals surface area (Å²) in [6.07, 6.45) is 1.78. The number of hydrogen-bond donors (Lipinski definition) is 1. The fourth-order valence-corrected chi connectivity index (χ4v) is 3.78. The molecule has 0 amide bonds. The van der Waals surface area contributed by atoms with Crippen LogP contribution in [0.3, 0.4) is 0 Å². The van der Waals surface area contributed by atoms with Crippen molar-refractivity contribution in [3.8, 4) is 5.75 Å². The molecule has 0 radical (unpaired) electrons. The van der Waals surface area contributed by atoms with E-state index in [1.165, 1.54) is 10.9 Å². The maximum Gasteiger partial charge on any atom is 0.226 e. The standard InChI is InChI=1S/C25H31NO2/c1-5-9-23(25(2,3)26)21-13-12-20-17-22(15-14-19(20)16-21)28-24(27-4)18-10-7-6-8-11-18/h6-8,10-17,23-24H,5,9,26H2,1-4H3. The Morgan fingerprint density at radius 2 is 1.57 bits per heavy atom. The third-order valence-corrected chi connectivity index (χ3v) is 5.24. The molecule has 3 aromatic rings. The maximum absolute atomic E-state index is 6.46. The lowest BCUT2D eigenvalue weighted by Crippen LogP contribution is -2.39. The Labute approximate surface area is 168 Å². The van der Waals surface area contributed by atoms with E-state index >= 15 is 0 Å². The molecule has 3 rings (SSSR count). The smallest absolute Gasteiger partial charge is 0.226 e. The number of rotatable bonds is 8. The Kier molecular flexibility index (Phi) is 6.38. The monoisotopic (exact) mass is 377 g/mol. The average molecular weight is 378 g/mol. The van der Waals surface area contributed by atoms with Crippen molar-refractivity contribution in [1.82, 2.24) is 0 Å². The first-order chi connectivity index (χ1) is 13.4. The summed E-state index contributed by atoms with van der Waals surface area (Å²) in [6, 6.07) is 22.8. The molecule has 0 saturated carbocycles. The van der Waals surface area contributed by atoms with Gasteiger partial charge in [0.05, 0.1) is 0 Å². The second-order valence-electron chi connectivity index (χ2n) is 8.03. The molecule has 0 aromatic heterocycles. The quantitative estimate of drug-likeness (QED) is 0.476. The highest BCUT2D eigenvalue weighted by atomic mass is 16.7. The number of fused-ring (bicyclic) bond motifs is 1. The van der Waals surface area contributed by atoms with Crippen molar-refractivity contribution in [2.75, 3.05) is 7.11 Å². The predicted molar refractivity (Wildman–Crippen MR) is 117 cm³/mol. The lowest BCUT2D eigenvalue weighted by molar-refractivity contribution is -0.0561. The van der Waals surface area contributed by atoms with E-state index in [0.717, 1.165) is 29.5 Å². The third-order valence-electron chi connectivity index (χ3n) is 5.24. The van der Waals surface area contributed by atoms with Gasteiger partial charge in [0.15, 0.2) is 0 Å². The van der Waals surface area contributed by atoms with Gasteiger partial charge in [-0.05, 0) is 48.7 Å². The molecular weight excluding hydrogens is 346 g/mol. The summed E-state index contributed by atoms with van der Waals surface area (Å²) >= 11 is 0. The SMILES string of the molecule is CCCC(c1ccc2cc(OC(OC)c3ccccc3)ccc2c1)C(C)(C)N. The van der Waals surface area contributed by atoms with Crippen LogP contribution >= 0.6 is 0 Å². The van der Waals surface area contributed by atoms with E-state index in [4.69, 9.17) is 15.2 Å². The molecule has 0 heterocycles. The summed E-state index contributed by atoms with van der Waals surface area (Å²) in [6.45, 7) is 6.44. The van der Waals surface area contributed by atoms with Crippen LogP contribution in [0.5, 0.6) is 5.75 Å². The molecule has 2 unspecified atom stereocenters. The first-order valence-corrected chi connectivity index (χ1v) is 9.99. The lowest BCUT2D eigenvalue weighted by atomic mass is 9.79. The van der Waals surface area contributed by atoms with Crippen molar-refractivity contribution < 1.29 is 9.47 Å². The van der Waals surface area contributed by atoms with Gasteiger partial charge in [-0.25, -0.2) is 0 Å². The maximum atomic E-state index is 6.46. The van der Waals surface area contributed by atoms with Crippen molar-refractivity contribution >= 4 is 10.8 Å². The van der Waals surface area contributed by atoms with Gasteiger partial charge < -0.3 is 15.2 Å². The zero-order chi connectivity index (χ0) is 20.1. The molecule has 28 heavy (non-hydrogen) atoms. The average Bonchev–Trinajstić information content (AvgIpc) is 2.69. The summed E-state index contributed by atoms with van der Waals surface area (Å²) in [7, 11) is 1.66. The molecule has 0 aliphatic rings. The molecule has 0 saturated heterocycles. The summed E-state index contributed by atoms with van der Waals surface area (Å²) in [5.41, 5.74) is 8.51. The molecule has 148 valence electrons. The summed E-state index contributed by atoms with van der Waals surface area (Å²) in [4.78, 5) is 0. The van der Waals surface area contributed by atoms with E-state index in [1.54, 1.807) is 7.11 Å². The van der Waals surface area contributed by atoms with Gasteiger partial charge >= 0.3 is 0 Å². The van der Waals surface area contributed by atoms with Crippen molar-refractivity contribution in [2.24, 2.45) is 5.73 Å². The minimum absolute atomic E-state index is 0.242. The Morgan fingerprint density at radius 1 is 0.893 bits per heavy atom. The van der Waals surface area contributed by atoms with Crippen LogP contribution in [0, 0.1) is 0 Å². The van der Waals surface area contributed by atoms with E-state index in [-0.39, 0.29) is 5.54 Å². The van der Waals surface area contributed by atoms with Crippen LogP contribution in [0.2, 0.25) is 0 Å². The predicted octanol–water partition coefficient (Wildman–Crippen LogP) is 6.18. The highest BCUT2D eigenvalue weighted by Crippen LogP contribution is 2.34. The number of methoxy groups -OCH3 is 1. The molecule has 3 aromatic carbocycles. The van der Waals surface area contributed by atoms with E-state index in [1.807, 2.05) is 36.4 Å². The van der Waals surface area contributed by atoms with Crippen molar-refractivity contribution in [3.63, 3.8) is 0 Å². The largest absolute Gasteiger partial charge is 0.461 e. The molecule has 2 N–H and O–H groups in total. The Bertz CT molecular complexity index is 899. The first-order valence-electron chi connectivity index (χ1n) is 9.99. The Morgan fingerprint density at radius 3 is 2.21 bits per heavy atom. The third kappa shape index (κ3) is 4.73. The molecule has 0 spiro atoms. The molecular formula is C25H31NO2. The minimum atomic E-state index is -0.426. The van der Waals surface area contributed by atoms with E-state index in [9.17, 15) is 0 Å². The van der Waals surface area contributed by atoms with E-state index in [0.29, 0.717) is 5.92 Å². The van der Waals surface area contributed by atoms with Crippen LogP contribution in [-0.4, -0.2) is 12.6 Å². The van der Waals surface area contributed by atoms with Crippen LogP contribution in [0.15, 0.2) is 66.7 Å². The molecule has 3 heteroatoms. The zero-order valence-electron chi connectivity index (χ0n) is 17.3. The summed E-state index contributed by atoms with van der Waals surface area (Å²) in [5, 5.41) is 2.35. The van der Waals surface area contributed by atoms with Crippen molar-refractivity contribution in [2.45, 2.75) is 51.4 Å². The van der Waals surface area contributed by atoms with Gasteiger partial charge in [0.2, 0.25) is 6.29 Å². The zero-order valence-corrected chi connectivity index (χ0v) is 17.3.